The quantitative estimate of drug-likeness (QED) is 0.774. The molecule has 1 saturated carbocycles. The van der Waals surface area contributed by atoms with E-state index in [0.29, 0.717) is 17.1 Å². The molecule has 1 aliphatic rings. The zero-order valence-corrected chi connectivity index (χ0v) is 13.8. The van der Waals surface area contributed by atoms with Crippen LogP contribution in [0.5, 0.6) is 0 Å². The lowest BCUT2D eigenvalue weighted by Gasteiger charge is -2.41. The van der Waals surface area contributed by atoms with Crippen LogP contribution in [0.4, 0.5) is 5.69 Å². The van der Waals surface area contributed by atoms with Crippen molar-refractivity contribution in [3.05, 3.63) is 24.3 Å². The summed E-state index contributed by atoms with van der Waals surface area (Å²) in [6, 6.07) is 7.12. The molecule has 0 amide bonds. The van der Waals surface area contributed by atoms with E-state index in [9.17, 15) is 8.42 Å². The Labute approximate surface area is 128 Å². The van der Waals surface area contributed by atoms with Gasteiger partial charge in [-0.25, -0.2) is 13.1 Å². The van der Waals surface area contributed by atoms with Gasteiger partial charge in [0.15, 0.2) is 0 Å². The highest BCUT2D eigenvalue weighted by atomic mass is 32.2. The van der Waals surface area contributed by atoms with Gasteiger partial charge in [0.1, 0.15) is 4.90 Å². The highest BCUT2D eigenvalue weighted by Gasteiger charge is 2.36. The molecule has 1 aromatic carbocycles. The van der Waals surface area contributed by atoms with Gasteiger partial charge in [-0.3, -0.25) is 0 Å². The molecule has 0 atom stereocenters. The van der Waals surface area contributed by atoms with Crippen molar-refractivity contribution in [3.63, 3.8) is 0 Å². The topological polar surface area (TPSA) is 58.2 Å². The lowest BCUT2D eigenvalue weighted by Crippen LogP contribution is -2.41. The number of benzene rings is 1. The molecule has 0 radical (unpaired) electrons. The van der Waals surface area contributed by atoms with Gasteiger partial charge >= 0.3 is 0 Å². The Morgan fingerprint density at radius 2 is 1.90 bits per heavy atom. The molecule has 1 aliphatic carbocycles. The maximum absolute atomic E-state index is 12.6. The standard InChI is InChI=1S/C16H26N2O2S/c1-3-12-17-14-8-5-6-9-15(14)21(19,20)18-13-16(4-2)10-7-11-16/h5-6,8-9,17-18H,3-4,7,10-13H2,1-2H3. The summed E-state index contributed by atoms with van der Waals surface area (Å²) in [4.78, 5) is 0.351. The van der Waals surface area contributed by atoms with Crippen molar-refractivity contribution >= 4 is 15.7 Å². The van der Waals surface area contributed by atoms with Crippen LogP contribution in [-0.2, 0) is 10.0 Å². The largest absolute Gasteiger partial charge is 0.384 e. The van der Waals surface area contributed by atoms with Crippen molar-refractivity contribution in [1.82, 2.24) is 4.72 Å². The van der Waals surface area contributed by atoms with E-state index in [-0.39, 0.29) is 5.41 Å². The fourth-order valence-electron chi connectivity index (χ4n) is 2.76. The van der Waals surface area contributed by atoms with Gasteiger partial charge in [0.05, 0.1) is 5.69 Å². The molecule has 1 aromatic rings. The summed E-state index contributed by atoms with van der Waals surface area (Å²) in [5.74, 6) is 0. The maximum Gasteiger partial charge on any atom is 0.242 e. The molecule has 2 rings (SSSR count). The zero-order chi connectivity index (χ0) is 15.3. The third-order valence-electron chi connectivity index (χ3n) is 4.54. The lowest BCUT2D eigenvalue weighted by atomic mass is 9.67. The molecular formula is C16H26N2O2S. The van der Waals surface area contributed by atoms with Gasteiger partial charge in [-0.1, -0.05) is 32.4 Å². The summed E-state index contributed by atoms with van der Waals surface area (Å²) in [5, 5.41) is 3.19. The van der Waals surface area contributed by atoms with E-state index in [1.54, 1.807) is 12.1 Å². The average molecular weight is 310 g/mol. The van der Waals surface area contributed by atoms with Crippen molar-refractivity contribution in [2.24, 2.45) is 5.41 Å². The molecule has 0 heterocycles. The normalized spacial score (nSPS) is 17.2. The summed E-state index contributed by atoms with van der Waals surface area (Å²) in [6.45, 7) is 5.52. The van der Waals surface area contributed by atoms with Crippen molar-refractivity contribution in [2.75, 3.05) is 18.4 Å². The SMILES string of the molecule is CCCNc1ccccc1S(=O)(=O)NCC1(CC)CCC1. The molecule has 21 heavy (non-hydrogen) atoms. The molecule has 0 unspecified atom stereocenters. The Hall–Kier alpha value is -1.07. The third kappa shape index (κ3) is 3.77. The Bertz CT molecular complexity index is 560. The fourth-order valence-corrected chi connectivity index (χ4v) is 4.10. The highest BCUT2D eigenvalue weighted by molar-refractivity contribution is 7.89. The first-order valence-corrected chi connectivity index (χ1v) is 9.34. The predicted octanol–water partition coefficient (Wildman–Crippen LogP) is 3.37. The first-order valence-electron chi connectivity index (χ1n) is 7.85. The first kappa shape index (κ1) is 16.3. The molecule has 4 nitrogen and oxygen atoms in total. The zero-order valence-electron chi connectivity index (χ0n) is 13.0. The molecule has 0 bridgehead atoms. The number of sulfonamides is 1. The molecule has 1 fully saturated rings. The van der Waals surface area contributed by atoms with Gasteiger partial charge in [0.2, 0.25) is 10.0 Å². The lowest BCUT2D eigenvalue weighted by molar-refractivity contribution is 0.133. The molecule has 5 heteroatoms. The number of rotatable bonds is 8. The van der Waals surface area contributed by atoms with Crippen LogP contribution in [0, 0.1) is 5.41 Å². The van der Waals surface area contributed by atoms with Crippen LogP contribution in [-0.4, -0.2) is 21.5 Å². The van der Waals surface area contributed by atoms with E-state index < -0.39 is 10.0 Å². The van der Waals surface area contributed by atoms with Crippen LogP contribution in [0.2, 0.25) is 0 Å². The summed E-state index contributed by atoms with van der Waals surface area (Å²) in [5.41, 5.74) is 0.866. The van der Waals surface area contributed by atoms with E-state index in [1.165, 1.54) is 6.42 Å². The minimum Gasteiger partial charge on any atom is -0.384 e. The number of para-hydroxylation sites is 1. The van der Waals surface area contributed by atoms with Crippen LogP contribution >= 0.6 is 0 Å². The predicted molar refractivity (Wildman–Crippen MR) is 87.0 cm³/mol. The molecule has 0 spiro atoms. The summed E-state index contributed by atoms with van der Waals surface area (Å²) in [6.07, 6.45) is 5.46. The fraction of sp³-hybridized carbons (Fsp3) is 0.625. The van der Waals surface area contributed by atoms with E-state index >= 15 is 0 Å². The van der Waals surface area contributed by atoms with Gasteiger partial charge in [0, 0.05) is 13.1 Å². The molecule has 2 N–H and O–H groups in total. The van der Waals surface area contributed by atoms with Gasteiger partial charge in [-0.2, -0.15) is 0 Å². The Morgan fingerprint density at radius 3 is 2.48 bits per heavy atom. The number of hydrogen-bond acceptors (Lipinski definition) is 3. The van der Waals surface area contributed by atoms with E-state index in [2.05, 4.69) is 23.9 Å². The third-order valence-corrected chi connectivity index (χ3v) is 6.00. The Morgan fingerprint density at radius 1 is 1.19 bits per heavy atom. The minimum atomic E-state index is -3.45. The maximum atomic E-state index is 12.6. The number of anilines is 1. The first-order chi connectivity index (χ1) is 10.0. The van der Waals surface area contributed by atoms with Crippen molar-refractivity contribution in [1.29, 1.82) is 0 Å². The smallest absolute Gasteiger partial charge is 0.242 e. The van der Waals surface area contributed by atoms with E-state index in [4.69, 9.17) is 0 Å². The second kappa shape index (κ2) is 6.79. The van der Waals surface area contributed by atoms with Crippen LogP contribution in [0.3, 0.4) is 0 Å². The Balaban J connectivity index is 2.12. The summed E-state index contributed by atoms with van der Waals surface area (Å²) < 4.78 is 28.0. The summed E-state index contributed by atoms with van der Waals surface area (Å²) in [7, 11) is -3.45. The van der Waals surface area contributed by atoms with Crippen LogP contribution in [0.1, 0.15) is 46.0 Å². The molecule has 0 saturated heterocycles. The highest BCUT2D eigenvalue weighted by Crippen LogP contribution is 2.43. The monoisotopic (exact) mass is 310 g/mol. The van der Waals surface area contributed by atoms with Crippen LogP contribution in [0.15, 0.2) is 29.2 Å². The van der Waals surface area contributed by atoms with Gasteiger partial charge in [0.25, 0.3) is 0 Å². The van der Waals surface area contributed by atoms with Gasteiger partial charge in [-0.15, -0.1) is 0 Å². The number of nitrogens with one attached hydrogen (secondary N) is 2. The van der Waals surface area contributed by atoms with Crippen LogP contribution in [0.25, 0.3) is 0 Å². The second-order valence-corrected chi connectivity index (χ2v) is 7.69. The summed E-state index contributed by atoms with van der Waals surface area (Å²) >= 11 is 0. The molecule has 0 aromatic heterocycles. The van der Waals surface area contributed by atoms with Gasteiger partial charge < -0.3 is 5.32 Å². The van der Waals surface area contributed by atoms with Gasteiger partial charge in [-0.05, 0) is 43.2 Å². The van der Waals surface area contributed by atoms with Crippen molar-refractivity contribution in [3.8, 4) is 0 Å². The molecule has 0 aliphatic heterocycles. The van der Waals surface area contributed by atoms with Crippen LogP contribution < -0.4 is 10.0 Å². The Kier molecular flexibility index (Phi) is 5.27. The second-order valence-electron chi connectivity index (χ2n) is 5.95. The van der Waals surface area contributed by atoms with Crippen molar-refractivity contribution in [2.45, 2.75) is 50.8 Å². The molecular weight excluding hydrogens is 284 g/mol. The van der Waals surface area contributed by atoms with Crippen molar-refractivity contribution < 1.29 is 8.42 Å². The van der Waals surface area contributed by atoms with E-state index in [1.807, 2.05) is 12.1 Å². The van der Waals surface area contributed by atoms with E-state index in [0.717, 1.165) is 32.2 Å². The number of hydrogen-bond donors (Lipinski definition) is 2. The molecule has 118 valence electrons. The minimum absolute atomic E-state index is 0.179. The average Bonchev–Trinajstić information content (AvgIpc) is 2.44.